The molecule has 4 aliphatic rings. The minimum Gasteiger partial charge on any atom is -0.375 e. The maximum Gasteiger partial charge on any atom is 0.258 e. The van der Waals surface area contributed by atoms with Crippen molar-refractivity contribution in [2.45, 2.75) is 63.2 Å². The van der Waals surface area contributed by atoms with Gasteiger partial charge in [-0.1, -0.05) is 12.1 Å². The third kappa shape index (κ3) is 7.30. The quantitative estimate of drug-likeness (QED) is 0.524. The molecule has 0 saturated carbocycles. The summed E-state index contributed by atoms with van der Waals surface area (Å²) in [6.45, 7) is 9.23. The van der Waals surface area contributed by atoms with Gasteiger partial charge in [0, 0.05) is 70.5 Å². The predicted octanol–water partition coefficient (Wildman–Crippen LogP) is 1.71. The van der Waals surface area contributed by atoms with Crippen molar-refractivity contribution in [1.82, 2.24) is 29.5 Å². The van der Waals surface area contributed by atoms with Crippen LogP contribution in [0, 0.1) is 0 Å². The second kappa shape index (κ2) is 13.9. The number of ether oxygens (including phenoxy) is 1. The average molecular weight is 593 g/mol. The number of carbonyl (C=O) groups excluding carboxylic acids is 2. The predicted molar refractivity (Wildman–Crippen MR) is 167 cm³/mol. The molecule has 234 valence electrons. The number of rotatable bonds is 7. The molecule has 4 saturated heterocycles. The first-order chi connectivity index (χ1) is 20.9. The number of nitrogens with zero attached hydrogens (tertiary/aromatic N) is 5. The molecule has 4 aliphatic heterocycles. The van der Waals surface area contributed by atoms with Gasteiger partial charge in [0.2, 0.25) is 11.8 Å². The zero-order chi connectivity index (χ0) is 29.8. The van der Waals surface area contributed by atoms with Gasteiger partial charge >= 0.3 is 0 Å². The topological polar surface area (TPSA) is 90.4 Å². The normalized spacial score (nSPS) is 23.6. The van der Waals surface area contributed by atoms with Crippen LogP contribution in [0.3, 0.4) is 0 Å². The summed E-state index contributed by atoms with van der Waals surface area (Å²) in [4.78, 5) is 47.7. The number of benzene rings is 1. The summed E-state index contributed by atoms with van der Waals surface area (Å²) in [5.74, 6) is 0.657. The van der Waals surface area contributed by atoms with Gasteiger partial charge in [-0.2, -0.15) is 0 Å². The molecular formula is C33H48N6O4. The van der Waals surface area contributed by atoms with Crippen molar-refractivity contribution >= 4 is 22.6 Å². The molecular weight excluding hydrogens is 544 g/mol. The summed E-state index contributed by atoms with van der Waals surface area (Å²) in [5.41, 5.74) is 1.14. The number of piperazine rings is 1. The highest BCUT2D eigenvalue weighted by Gasteiger charge is 2.29. The Kier molecular flexibility index (Phi) is 9.77. The van der Waals surface area contributed by atoms with E-state index >= 15 is 0 Å². The number of nitrogens with one attached hydrogen (secondary N) is 1. The average Bonchev–Trinajstić information content (AvgIpc) is 3.04. The Labute approximate surface area is 254 Å². The second-order valence-corrected chi connectivity index (χ2v) is 13.0. The van der Waals surface area contributed by atoms with Gasteiger partial charge in [0.1, 0.15) is 6.54 Å². The van der Waals surface area contributed by atoms with Crippen molar-refractivity contribution < 1.29 is 14.3 Å². The number of pyridine rings is 1. The molecule has 5 heterocycles. The molecule has 0 radical (unpaired) electrons. The van der Waals surface area contributed by atoms with E-state index in [9.17, 15) is 14.4 Å². The van der Waals surface area contributed by atoms with E-state index in [-0.39, 0.29) is 36.1 Å². The van der Waals surface area contributed by atoms with Crippen LogP contribution in [-0.4, -0.2) is 127 Å². The van der Waals surface area contributed by atoms with Crippen LogP contribution in [0.4, 0.5) is 0 Å². The lowest BCUT2D eigenvalue weighted by atomic mass is 9.88. The van der Waals surface area contributed by atoms with Crippen molar-refractivity contribution in [1.29, 1.82) is 0 Å². The standard InChI is InChI=1S/C33H48N6O4/c1-35-18-20-38(21-19-35)31(40)23-36-13-7-26(8-14-36)43-27-9-15-37(16-10-27)32(41)24-39-17-11-29-28(25-4-3-12-34-22-25)5-2-6-30(29)33(39)42/h2,5-6,11,17,25-27,34H,3-4,7-10,12-16,18-24H2,1H3. The highest BCUT2D eigenvalue weighted by Crippen LogP contribution is 2.29. The first-order valence-electron chi connectivity index (χ1n) is 16.4. The number of hydrogen-bond donors (Lipinski definition) is 1. The number of fused-ring (bicyclic) bond motifs is 1. The number of hydrogen-bond acceptors (Lipinski definition) is 7. The molecule has 10 nitrogen and oxygen atoms in total. The molecule has 0 spiro atoms. The second-order valence-electron chi connectivity index (χ2n) is 13.0. The zero-order valence-electron chi connectivity index (χ0n) is 25.7. The van der Waals surface area contributed by atoms with Crippen LogP contribution in [0.15, 0.2) is 35.3 Å². The molecule has 0 bridgehead atoms. The van der Waals surface area contributed by atoms with Crippen LogP contribution < -0.4 is 10.9 Å². The Hall–Kier alpha value is -2.79. The summed E-state index contributed by atoms with van der Waals surface area (Å²) in [6, 6.07) is 8.02. The lowest BCUT2D eigenvalue weighted by Gasteiger charge is -2.38. The van der Waals surface area contributed by atoms with Gasteiger partial charge in [-0.25, -0.2) is 0 Å². The van der Waals surface area contributed by atoms with Gasteiger partial charge in [-0.05, 0) is 81.1 Å². The van der Waals surface area contributed by atoms with Crippen LogP contribution in [-0.2, 0) is 20.9 Å². The highest BCUT2D eigenvalue weighted by molar-refractivity contribution is 5.86. The van der Waals surface area contributed by atoms with Crippen molar-refractivity contribution in [2.24, 2.45) is 0 Å². The molecule has 10 heteroatoms. The van der Waals surface area contributed by atoms with Crippen LogP contribution in [0.2, 0.25) is 0 Å². The molecule has 1 N–H and O–H groups in total. The Morgan fingerprint density at radius 2 is 1.49 bits per heavy atom. The Morgan fingerprint density at radius 1 is 0.814 bits per heavy atom. The SMILES string of the molecule is CN1CCN(C(=O)CN2CCC(OC3CCN(C(=O)Cn4ccc5c(C6CCCNC6)cccc5c4=O)CC3)CC2)CC1. The number of aromatic nitrogens is 1. The molecule has 0 aliphatic carbocycles. The Bertz CT molecular complexity index is 1320. The molecule has 2 amide bonds. The van der Waals surface area contributed by atoms with Crippen LogP contribution in [0.25, 0.3) is 10.8 Å². The number of likely N-dealkylation sites (N-methyl/N-ethyl adjacent to an activating group) is 1. The number of likely N-dealkylation sites (tertiary alicyclic amines) is 2. The molecule has 1 aromatic heterocycles. The number of amides is 2. The van der Waals surface area contributed by atoms with Crippen molar-refractivity contribution in [3.05, 3.63) is 46.4 Å². The van der Waals surface area contributed by atoms with E-state index in [0.29, 0.717) is 30.9 Å². The number of carbonyl (C=O) groups is 2. The maximum atomic E-state index is 13.4. The maximum absolute atomic E-state index is 13.4. The fourth-order valence-corrected chi connectivity index (χ4v) is 7.25. The van der Waals surface area contributed by atoms with E-state index in [2.05, 4.69) is 28.2 Å². The van der Waals surface area contributed by atoms with E-state index in [1.165, 1.54) is 5.56 Å². The van der Waals surface area contributed by atoms with Crippen LogP contribution >= 0.6 is 0 Å². The molecule has 1 unspecified atom stereocenters. The summed E-state index contributed by atoms with van der Waals surface area (Å²) in [7, 11) is 2.10. The van der Waals surface area contributed by atoms with Crippen molar-refractivity contribution in [3.63, 3.8) is 0 Å². The molecule has 4 fully saturated rings. The third-order valence-electron chi connectivity index (χ3n) is 10.0. The fourth-order valence-electron chi connectivity index (χ4n) is 7.25. The summed E-state index contributed by atoms with van der Waals surface area (Å²) >= 11 is 0. The molecule has 2 aromatic rings. The van der Waals surface area contributed by atoms with Gasteiger partial charge < -0.3 is 29.3 Å². The highest BCUT2D eigenvalue weighted by atomic mass is 16.5. The van der Waals surface area contributed by atoms with E-state index in [1.807, 2.05) is 28.0 Å². The molecule has 1 atom stereocenters. The zero-order valence-corrected chi connectivity index (χ0v) is 25.7. The van der Waals surface area contributed by atoms with Crippen molar-refractivity contribution in [3.8, 4) is 0 Å². The molecule has 1 aromatic carbocycles. The minimum atomic E-state index is -0.0914. The molecule has 6 rings (SSSR count). The lowest BCUT2D eigenvalue weighted by molar-refractivity contribution is -0.137. The van der Waals surface area contributed by atoms with E-state index in [0.717, 1.165) is 96.3 Å². The van der Waals surface area contributed by atoms with Gasteiger partial charge in [-0.3, -0.25) is 19.3 Å². The van der Waals surface area contributed by atoms with E-state index in [1.54, 1.807) is 10.8 Å². The summed E-state index contributed by atoms with van der Waals surface area (Å²) in [6.07, 6.45) is 7.97. The van der Waals surface area contributed by atoms with Gasteiger partial charge in [-0.15, -0.1) is 0 Å². The summed E-state index contributed by atoms with van der Waals surface area (Å²) < 4.78 is 8.03. The summed E-state index contributed by atoms with van der Waals surface area (Å²) in [5, 5.41) is 5.18. The fraction of sp³-hybridized carbons (Fsp3) is 0.667. The van der Waals surface area contributed by atoms with E-state index in [4.69, 9.17) is 4.74 Å². The van der Waals surface area contributed by atoms with E-state index < -0.39 is 0 Å². The molecule has 43 heavy (non-hydrogen) atoms. The first kappa shape index (κ1) is 30.2. The Morgan fingerprint density at radius 3 is 2.19 bits per heavy atom. The first-order valence-corrected chi connectivity index (χ1v) is 16.4. The minimum absolute atomic E-state index is 0.00846. The van der Waals surface area contributed by atoms with Crippen LogP contribution in [0.1, 0.15) is 50.0 Å². The van der Waals surface area contributed by atoms with Gasteiger partial charge in [0.25, 0.3) is 5.56 Å². The third-order valence-corrected chi connectivity index (χ3v) is 10.0. The lowest BCUT2D eigenvalue weighted by Crippen LogP contribution is -2.51. The largest absolute Gasteiger partial charge is 0.375 e. The number of piperidine rings is 3. The van der Waals surface area contributed by atoms with Crippen molar-refractivity contribution in [2.75, 3.05) is 79.0 Å². The van der Waals surface area contributed by atoms with Gasteiger partial charge in [0.15, 0.2) is 0 Å². The Balaban J connectivity index is 0.948. The van der Waals surface area contributed by atoms with Crippen LogP contribution in [0.5, 0.6) is 0 Å². The monoisotopic (exact) mass is 592 g/mol. The smallest absolute Gasteiger partial charge is 0.258 e. The van der Waals surface area contributed by atoms with Gasteiger partial charge in [0.05, 0.1) is 18.8 Å².